The van der Waals surface area contributed by atoms with E-state index >= 15 is 0 Å². The van der Waals surface area contributed by atoms with Gasteiger partial charge in [-0.05, 0) is 66.1 Å². The molecule has 0 amide bonds. The number of nitrogens with zero attached hydrogens (tertiary/aromatic N) is 2. The molecule has 4 rings (SSSR count). The normalized spacial score (nSPS) is 23.1. The summed E-state index contributed by atoms with van der Waals surface area (Å²) < 4.78 is 55.0. The fourth-order valence-corrected chi connectivity index (χ4v) is 6.50. The first-order valence-electron chi connectivity index (χ1n) is 11.3. The lowest BCUT2D eigenvalue weighted by atomic mass is 9.75. The summed E-state index contributed by atoms with van der Waals surface area (Å²) in [5.74, 6) is -3.09. The van der Waals surface area contributed by atoms with E-state index in [0.717, 1.165) is 30.2 Å². The molecule has 2 N–H and O–H groups in total. The molecular weight excluding hydrogens is 475 g/mol. The van der Waals surface area contributed by atoms with Crippen LogP contribution < -0.4 is 5.73 Å². The lowest BCUT2D eigenvalue weighted by Gasteiger charge is -2.38. The molecule has 5 atom stereocenters. The maximum Gasteiger partial charge on any atom is 0.185 e. The second-order valence-electron chi connectivity index (χ2n) is 9.07. The molecule has 0 bridgehead atoms. The van der Waals surface area contributed by atoms with Crippen LogP contribution in [-0.2, 0) is 17.2 Å². The number of rotatable bonds is 6. The van der Waals surface area contributed by atoms with Crippen LogP contribution in [0.1, 0.15) is 47.3 Å². The molecule has 0 aliphatic heterocycles. The molecular formula is C26H26F3N3O2S. The van der Waals surface area contributed by atoms with E-state index in [9.17, 15) is 22.2 Å². The Morgan fingerprint density at radius 3 is 2.46 bits per heavy atom. The molecule has 1 unspecified atom stereocenters. The van der Waals surface area contributed by atoms with Crippen LogP contribution in [0, 0.1) is 23.4 Å². The first kappa shape index (κ1) is 25.2. The van der Waals surface area contributed by atoms with Gasteiger partial charge in [0.05, 0.1) is 10.8 Å². The summed E-state index contributed by atoms with van der Waals surface area (Å²) in [5.41, 5.74) is 6.71. The van der Waals surface area contributed by atoms with Gasteiger partial charge in [0, 0.05) is 41.9 Å². The summed E-state index contributed by atoms with van der Waals surface area (Å²) >= 11 is 0. The van der Waals surface area contributed by atoms with Crippen molar-refractivity contribution in [3.63, 3.8) is 0 Å². The fourth-order valence-electron chi connectivity index (χ4n) is 5.14. The number of ketones is 1. The Hall–Kier alpha value is -2.91. The van der Waals surface area contributed by atoms with E-state index in [-0.39, 0.29) is 35.2 Å². The molecule has 0 saturated heterocycles. The lowest BCUT2D eigenvalue weighted by Crippen LogP contribution is -2.47. The fraction of sp³-hybridized carbons (Fsp3) is 0.346. The van der Waals surface area contributed by atoms with Gasteiger partial charge in [0.2, 0.25) is 0 Å². The van der Waals surface area contributed by atoms with Gasteiger partial charge in [-0.15, -0.1) is 0 Å². The largest absolute Gasteiger partial charge is 0.327 e. The quantitative estimate of drug-likeness (QED) is 0.500. The molecule has 2 heterocycles. The van der Waals surface area contributed by atoms with Crippen LogP contribution in [0.3, 0.4) is 0 Å². The third-order valence-corrected chi connectivity index (χ3v) is 8.22. The highest BCUT2D eigenvalue weighted by molar-refractivity contribution is 7.85. The molecule has 1 aromatic carbocycles. The van der Waals surface area contributed by atoms with Gasteiger partial charge in [0.25, 0.3) is 0 Å². The Balaban J connectivity index is 1.61. The SMILES string of the molecule is C[C@H]1C[C@@H](c2ccncc2CC(=O)c2ccc(F)c(-c3c(F)cccc3F)n2)C[C@@H](N)[C@H]1S(C)=O. The molecule has 35 heavy (non-hydrogen) atoms. The van der Waals surface area contributed by atoms with Gasteiger partial charge in [-0.3, -0.25) is 14.0 Å². The predicted molar refractivity (Wildman–Crippen MR) is 129 cm³/mol. The van der Waals surface area contributed by atoms with Gasteiger partial charge in [-0.25, -0.2) is 18.2 Å². The number of benzene rings is 1. The van der Waals surface area contributed by atoms with Gasteiger partial charge < -0.3 is 5.73 Å². The first-order chi connectivity index (χ1) is 16.7. The number of carbonyl (C=O) groups excluding carboxylic acids is 1. The standard InChI is InChI=1S/C26H26F3N3O2S/c1-14-10-15(11-21(30)26(14)35(2)34)17-8-9-31-13-16(17)12-23(33)22-7-6-20(29)25(32-22)24-18(27)4-3-5-19(24)28/h3-9,13-15,21,26H,10-12,30H2,1-2H3/t14-,15+,21+,26-,35?/m0/s1. The lowest BCUT2D eigenvalue weighted by molar-refractivity contribution is 0.0987. The highest BCUT2D eigenvalue weighted by Crippen LogP contribution is 2.39. The Bertz CT molecular complexity index is 1250. The van der Waals surface area contributed by atoms with Crippen LogP contribution >= 0.6 is 0 Å². The second-order valence-corrected chi connectivity index (χ2v) is 10.6. The van der Waals surface area contributed by atoms with Crippen molar-refractivity contribution in [1.29, 1.82) is 0 Å². The highest BCUT2D eigenvalue weighted by Gasteiger charge is 2.37. The zero-order valence-corrected chi connectivity index (χ0v) is 20.2. The number of nitrogens with two attached hydrogens (primary N) is 1. The van der Waals surface area contributed by atoms with Crippen molar-refractivity contribution < 1.29 is 22.2 Å². The third kappa shape index (κ3) is 5.21. The van der Waals surface area contributed by atoms with Gasteiger partial charge in [-0.1, -0.05) is 13.0 Å². The van der Waals surface area contributed by atoms with E-state index in [1.54, 1.807) is 18.6 Å². The minimum Gasteiger partial charge on any atom is -0.327 e. The van der Waals surface area contributed by atoms with Crippen molar-refractivity contribution in [2.24, 2.45) is 11.7 Å². The highest BCUT2D eigenvalue weighted by atomic mass is 32.2. The molecule has 9 heteroatoms. The number of halogens is 3. The summed E-state index contributed by atoms with van der Waals surface area (Å²) in [6.07, 6.45) is 6.27. The van der Waals surface area contributed by atoms with Crippen molar-refractivity contribution in [2.45, 2.75) is 43.4 Å². The molecule has 0 radical (unpaired) electrons. The topological polar surface area (TPSA) is 85.9 Å². The summed E-state index contributed by atoms with van der Waals surface area (Å²) in [6.45, 7) is 2.04. The zero-order chi connectivity index (χ0) is 25.3. The maximum absolute atomic E-state index is 14.4. The molecule has 1 aliphatic rings. The molecule has 1 saturated carbocycles. The maximum atomic E-state index is 14.4. The third-order valence-electron chi connectivity index (χ3n) is 6.64. The molecule has 0 spiro atoms. The van der Waals surface area contributed by atoms with E-state index in [0.29, 0.717) is 12.0 Å². The van der Waals surface area contributed by atoms with Gasteiger partial charge in [0.1, 0.15) is 28.8 Å². The van der Waals surface area contributed by atoms with Gasteiger partial charge in [-0.2, -0.15) is 0 Å². The summed E-state index contributed by atoms with van der Waals surface area (Å²) in [7, 11) is -1.03. The van der Waals surface area contributed by atoms with Crippen molar-refractivity contribution in [1.82, 2.24) is 9.97 Å². The number of carbonyl (C=O) groups is 1. The van der Waals surface area contributed by atoms with E-state index in [1.165, 1.54) is 12.1 Å². The van der Waals surface area contributed by atoms with Crippen molar-refractivity contribution >= 4 is 16.6 Å². The molecule has 1 fully saturated rings. The van der Waals surface area contributed by atoms with Crippen molar-refractivity contribution in [3.05, 3.63) is 83.1 Å². The molecule has 2 aromatic heterocycles. The number of hydrogen-bond acceptors (Lipinski definition) is 5. The number of hydrogen-bond donors (Lipinski definition) is 1. The average molecular weight is 502 g/mol. The summed E-state index contributed by atoms with van der Waals surface area (Å²) in [6, 6.07) is 6.99. The Morgan fingerprint density at radius 1 is 1.09 bits per heavy atom. The molecule has 5 nitrogen and oxygen atoms in total. The first-order valence-corrected chi connectivity index (χ1v) is 12.9. The van der Waals surface area contributed by atoms with Crippen LogP contribution in [0.5, 0.6) is 0 Å². The predicted octanol–water partition coefficient (Wildman–Crippen LogP) is 4.57. The summed E-state index contributed by atoms with van der Waals surface area (Å²) in [4.78, 5) is 21.3. The summed E-state index contributed by atoms with van der Waals surface area (Å²) in [5, 5.41) is -0.0845. The van der Waals surface area contributed by atoms with Crippen molar-refractivity contribution in [2.75, 3.05) is 6.26 Å². The minimum atomic E-state index is -1.03. The second kappa shape index (κ2) is 10.4. The average Bonchev–Trinajstić information content (AvgIpc) is 2.79. The number of pyridine rings is 2. The number of Topliss-reactive ketones (excluding diaryl/α,β-unsaturated/α-hetero) is 1. The molecule has 1 aliphatic carbocycles. The van der Waals surface area contributed by atoms with E-state index in [2.05, 4.69) is 9.97 Å². The van der Waals surface area contributed by atoms with Crippen LogP contribution in [0.25, 0.3) is 11.3 Å². The Morgan fingerprint density at radius 2 is 1.80 bits per heavy atom. The monoisotopic (exact) mass is 501 g/mol. The number of aromatic nitrogens is 2. The van der Waals surface area contributed by atoms with Crippen molar-refractivity contribution in [3.8, 4) is 11.3 Å². The minimum absolute atomic E-state index is 0.0647. The van der Waals surface area contributed by atoms with Crippen LogP contribution in [0.4, 0.5) is 13.2 Å². The zero-order valence-electron chi connectivity index (χ0n) is 19.4. The smallest absolute Gasteiger partial charge is 0.185 e. The van der Waals surface area contributed by atoms with Gasteiger partial charge in [0.15, 0.2) is 5.78 Å². The van der Waals surface area contributed by atoms with Crippen LogP contribution in [0.2, 0.25) is 0 Å². The van der Waals surface area contributed by atoms with E-state index in [1.807, 2.05) is 13.0 Å². The van der Waals surface area contributed by atoms with Crippen LogP contribution in [0.15, 0.2) is 48.8 Å². The Labute approximate surface area is 204 Å². The van der Waals surface area contributed by atoms with E-state index < -0.39 is 45.3 Å². The van der Waals surface area contributed by atoms with Gasteiger partial charge >= 0.3 is 0 Å². The molecule has 3 aromatic rings. The molecule has 184 valence electrons. The van der Waals surface area contributed by atoms with E-state index in [4.69, 9.17) is 5.73 Å². The Kier molecular flexibility index (Phi) is 7.47. The van der Waals surface area contributed by atoms with Crippen LogP contribution in [-0.4, -0.2) is 37.5 Å².